The number of carbonyl (C=O) groups is 2. The minimum atomic E-state index is -1.02. The molecule has 140 valence electrons. The highest BCUT2D eigenvalue weighted by Crippen LogP contribution is 2.30. The topological polar surface area (TPSA) is 96.2 Å². The summed E-state index contributed by atoms with van der Waals surface area (Å²) in [5, 5.41) is 10.7. The molecule has 0 aliphatic carbocycles. The normalized spacial score (nSPS) is 10.3. The second kappa shape index (κ2) is 7.37. The lowest BCUT2D eigenvalue weighted by Gasteiger charge is -2.10. The molecule has 0 radical (unpaired) electrons. The van der Waals surface area contributed by atoms with E-state index < -0.39 is 11.9 Å². The molecule has 4 aromatic rings. The molecular weight excluding hydrogens is 364 g/mol. The molecule has 0 bridgehead atoms. The maximum Gasteiger partial charge on any atom is 0.336 e. The van der Waals surface area contributed by atoms with E-state index in [1.165, 1.54) is 0 Å². The number of benzene rings is 3. The van der Waals surface area contributed by atoms with Gasteiger partial charge in [0.2, 0.25) is 5.91 Å². The lowest BCUT2D eigenvalue weighted by Crippen LogP contribution is -2.10. The van der Waals surface area contributed by atoms with Crippen molar-refractivity contribution in [2.24, 2.45) is 5.73 Å². The minimum absolute atomic E-state index is 0.175. The first-order valence-corrected chi connectivity index (χ1v) is 8.88. The molecule has 0 unspecified atom stereocenters. The number of hydrogen-bond acceptors (Lipinski definition) is 2. The number of aromatic nitrogens is 1. The maximum atomic E-state index is 11.8. The molecule has 1 aromatic heterocycles. The number of nitrogens with two attached hydrogens (primary N) is 1. The fourth-order valence-corrected chi connectivity index (χ4v) is 3.24. The van der Waals surface area contributed by atoms with Crippen LogP contribution < -0.4 is 5.73 Å². The van der Waals surface area contributed by atoms with Crippen molar-refractivity contribution < 1.29 is 14.7 Å². The van der Waals surface area contributed by atoms with Crippen LogP contribution in [0.15, 0.2) is 72.9 Å². The lowest BCUT2D eigenvalue weighted by atomic mass is 9.93. The van der Waals surface area contributed by atoms with E-state index in [2.05, 4.69) is 16.8 Å². The van der Waals surface area contributed by atoms with Crippen LogP contribution in [0.5, 0.6) is 0 Å². The van der Waals surface area contributed by atoms with Gasteiger partial charge in [0, 0.05) is 34.0 Å². The third kappa shape index (κ3) is 3.60. The standard InChI is InChI=1S/C24H16N2O3/c25-23(27)19-5-1-3-15(13-19)7-8-17-4-2-6-20(24(28)29)22(17)18-10-9-16-11-12-26-21(16)14-18/h1-6,9-14,26H,(H2,25,27)(H,28,29). The highest BCUT2D eigenvalue weighted by atomic mass is 16.4. The molecule has 0 fully saturated rings. The number of rotatable bonds is 3. The fraction of sp³-hybridized carbons (Fsp3) is 0. The van der Waals surface area contributed by atoms with Gasteiger partial charge in [0.15, 0.2) is 0 Å². The van der Waals surface area contributed by atoms with Crippen molar-refractivity contribution in [2.75, 3.05) is 0 Å². The van der Waals surface area contributed by atoms with Crippen molar-refractivity contribution in [3.05, 3.63) is 95.2 Å². The second-order valence-electron chi connectivity index (χ2n) is 6.51. The Kier molecular flexibility index (Phi) is 4.60. The fourth-order valence-electron chi connectivity index (χ4n) is 3.24. The number of aromatic carboxylic acids is 1. The van der Waals surface area contributed by atoms with E-state index in [-0.39, 0.29) is 5.56 Å². The Morgan fingerprint density at radius 3 is 2.55 bits per heavy atom. The van der Waals surface area contributed by atoms with E-state index in [1.807, 2.05) is 30.5 Å². The van der Waals surface area contributed by atoms with Gasteiger partial charge in [-0.1, -0.05) is 36.1 Å². The molecule has 0 saturated heterocycles. The lowest BCUT2D eigenvalue weighted by molar-refractivity contribution is 0.0697. The van der Waals surface area contributed by atoms with Crippen LogP contribution in [0, 0.1) is 11.8 Å². The molecule has 4 N–H and O–H groups in total. The number of nitrogens with one attached hydrogen (secondary N) is 1. The molecule has 0 aliphatic heterocycles. The maximum absolute atomic E-state index is 11.8. The number of fused-ring (bicyclic) bond motifs is 1. The SMILES string of the molecule is NC(=O)c1cccc(C#Cc2cccc(C(=O)O)c2-c2ccc3cc[nH]c3c2)c1. The molecule has 5 heteroatoms. The van der Waals surface area contributed by atoms with Gasteiger partial charge in [-0.25, -0.2) is 4.79 Å². The van der Waals surface area contributed by atoms with Crippen LogP contribution in [0.25, 0.3) is 22.0 Å². The number of carbonyl (C=O) groups excluding carboxylic acids is 1. The van der Waals surface area contributed by atoms with Crippen LogP contribution in [0.2, 0.25) is 0 Å². The van der Waals surface area contributed by atoms with Crippen molar-refractivity contribution >= 4 is 22.8 Å². The van der Waals surface area contributed by atoms with Gasteiger partial charge < -0.3 is 15.8 Å². The van der Waals surface area contributed by atoms with Gasteiger partial charge in [-0.3, -0.25) is 4.79 Å². The van der Waals surface area contributed by atoms with Crippen LogP contribution in [0.3, 0.4) is 0 Å². The number of amides is 1. The summed E-state index contributed by atoms with van der Waals surface area (Å²) < 4.78 is 0. The summed E-state index contributed by atoms with van der Waals surface area (Å²) in [5.74, 6) is 4.51. The zero-order chi connectivity index (χ0) is 20.4. The van der Waals surface area contributed by atoms with Gasteiger partial charge in [-0.05, 0) is 53.4 Å². The summed E-state index contributed by atoms with van der Waals surface area (Å²) in [4.78, 5) is 26.4. The number of H-pyrrole nitrogens is 1. The van der Waals surface area contributed by atoms with Gasteiger partial charge >= 0.3 is 5.97 Å². The molecule has 0 aliphatic rings. The Hall–Kier alpha value is -4.30. The number of primary amides is 1. The molecule has 0 spiro atoms. The highest BCUT2D eigenvalue weighted by Gasteiger charge is 2.15. The summed E-state index contributed by atoms with van der Waals surface area (Å²) in [6, 6.07) is 19.4. The zero-order valence-electron chi connectivity index (χ0n) is 15.3. The summed E-state index contributed by atoms with van der Waals surface area (Å²) in [7, 11) is 0. The first kappa shape index (κ1) is 18.1. The van der Waals surface area contributed by atoms with Gasteiger partial charge in [-0.2, -0.15) is 0 Å². The van der Waals surface area contributed by atoms with Crippen LogP contribution in [0.1, 0.15) is 31.8 Å². The Labute approximate surface area is 166 Å². The molecule has 4 rings (SSSR count). The van der Waals surface area contributed by atoms with Crippen molar-refractivity contribution in [3.63, 3.8) is 0 Å². The summed E-state index contributed by atoms with van der Waals surface area (Å²) >= 11 is 0. The third-order valence-electron chi connectivity index (χ3n) is 4.63. The van der Waals surface area contributed by atoms with Crippen molar-refractivity contribution in [1.29, 1.82) is 0 Å². The van der Waals surface area contributed by atoms with E-state index in [0.29, 0.717) is 22.3 Å². The molecule has 5 nitrogen and oxygen atoms in total. The number of carboxylic acid groups (broad SMARTS) is 1. The van der Waals surface area contributed by atoms with E-state index in [9.17, 15) is 14.7 Å². The van der Waals surface area contributed by atoms with Crippen molar-refractivity contribution in [1.82, 2.24) is 4.98 Å². The van der Waals surface area contributed by atoms with Crippen LogP contribution in [0.4, 0.5) is 0 Å². The van der Waals surface area contributed by atoms with Gasteiger partial charge in [0.25, 0.3) is 0 Å². The zero-order valence-corrected chi connectivity index (χ0v) is 15.3. The Balaban J connectivity index is 1.87. The molecule has 1 amide bonds. The van der Waals surface area contributed by atoms with Gasteiger partial charge in [0.05, 0.1) is 5.56 Å². The molecular formula is C24H16N2O3. The van der Waals surface area contributed by atoms with Crippen LogP contribution in [-0.2, 0) is 0 Å². The van der Waals surface area contributed by atoms with Crippen molar-refractivity contribution in [2.45, 2.75) is 0 Å². The minimum Gasteiger partial charge on any atom is -0.478 e. The molecule has 29 heavy (non-hydrogen) atoms. The van der Waals surface area contributed by atoms with Crippen LogP contribution in [-0.4, -0.2) is 22.0 Å². The summed E-state index contributed by atoms with van der Waals surface area (Å²) in [6.07, 6.45) is 1.84. The quantitative estimate of drug-likeness (QED) is 0.468. The van der Waals surface area contributed by atoms with Crippen LogP contribution >= 0.6 is 0 Å². The smallest absolute Gasteiger partial charge is 0.336 e. The van der Waals surface area contributed by atoms with E-state index in [1.54, 1.807) is 42.5 Å². The van der Waals surface area contributed by atoms with E-state index in [0.717, 1.165) is 16.5 Å². The van der Waals surface area contributed by atoms with E-state index in [4.69, 9.17) is 5.73 Å². The average Bonchev–Trinajstić information content (AvgIpc) is 3.20. The Morgan fingerprint density at radius 2 is 1.76 bits per heavy atom. The van der Waals surface area contributed by atoms with Gasteiger partial charge in [0.1, 0.15) is 0 Å². The Morgan fingerprint density at radius 1 is 0.931 bits per heavy atom. The summed E-state index contributed by atoms with van der Waals surface area (Å²) in [6.45, 7) is 0. The highest BCUT2D eigenvalue weighted by molar-refractivity contribution is 5.99. The summed E-state index contributed by atoms with van der Waals surface area (Å²) in [5.41, 5.74) is 9.29. The number of carboxylic acids is 1. The molecule has 3 aromatic carbocycles. The molecule has 1 heterocycles. The molecule has 0 atom stereocenters. The predicted octanol–water partition coefficient (Wildman–Crippen LogP) is 4.03. The largest absolute Gasteiger partial charge is 0.478 e. The first-order valence-electron chi connectivity index (χ1n) is 8.88. The average molecular weight is 380 g/mol. The number of aromatic amines is 1. The van der Waals surface area contributed by atoms with Crippen molar-refractivity contribution in [3.8, 4) is 23.0 Å². The Bertz CT molecular complexity index is 1320. The predicted molar refractivity (Wildman–Crippen MR) is 112 cm³/mol. The first-order chi connectivity index (χ1) is 14.0. The third-order valence-corrected chi connectivity index (χ3v) is 4.63. The monoisotopic (exact) mass is 380 g/mol. The van der Waals surface area contributed by atoms with E-state index >= 15 is 0 Å². The number of hydrogen-bond donors (Lipinski definition) is 3. The second-order valence-corrected chi connectivity index (χ2v) is 6.51. The molecule has 0 saturated carbocycles. The van der Waals surface area contributed by atoms with Gasteiger partial charge in [-0.15, -0.1) is 0 Å².